The fourth-order valence-corrected chi connectivity index (χ4v) is 3.52. The molecule has 0 spiro atoms. The van der Waals surface area contributed by atoms with Crippen LogP contribution in [0.3, 0.4) is 0 Å². The van der Waals surface area contributed by atoms with Crippen molar-refractivity contribution in [2.24, 2.45) is 17.3 Å². The topological polar surface area (TPSA) is 43.4 Å². The van der Waals surface area contributed by atoms with Crippen LogP contribution in [0, 0.1) is 17.3 Å². The highest BCUT2D eigenvalue weighted by Crippen LogP contribution is 2.53. The van der Waals surface area contributed by atoms with Gasteiger partial charge in [0.05, 0.1) is 0 Å². The third-order valence-corrected chi connectivity index (χ3v) is 4.70. The summed E-state index contributed by atoms with van der Waals surface area (Å²) in [5.41, 5.74) is 1.08. The Morgan fingerprint density at radius 2 is 2.06 bits per heavy atom. The van der Waals surface area contributed by atoms with Crippen LogP contribution >= 0.6 is 0 Å². The molecule has 1 aliphatic heterocycles. The first-order valence-corrected chi connectivity index (χ1v) is 6.24. The maximum absolute atomic E-state index is 11.7. The fourth-order valence-electron chi connectivity index (χ4n) is 3.52. The molecule has 94 valence electrons. The molecule has 3 aliphatic rings. The summed E-state index contributed by atoms with van der Waals surface area (Å²) in [6.45, 7) is 9.85. The minimum absolute atomic E-state index is 0.00628. The Morgan fingerprint density at radius 1 is 1.33 bits per heavy atom. The van der Waals surface area contributed by atoms with Crippen molar-refractivity contribution in [3.63, 3.8) is 0 Å². The van der Waals surface area contributed by atoms with E-state index in [2.05, 4.69) is 20.1 Å². The van der Waals surface area contributed by atoms with Gasteiger partial charge in [-0.05, 0) is 35.8 Å². The largest absolute Gasteiger partial charge is 0.458 e. The molecule has 0 amide bonds. The van der Waals surface area contributed by atoms with Gasteiger partial charge in [-0.2, -0.15) is 0 Å². The Hall–Kier alpha value is -1.64. The molecule has 0 unspecified atom stereocenters. The van der Waals surface area contributed by atoms with Crippen molar-refractivity contribution in [2.45, 2.75) is 25.9 Å². The van der Waals surface area contributed by atoms with Crippen LogP contribution in [-0.4, -0.2) is 17.9 Å². The Morgan fingerprint density at radius 3 is 2.78 bits per heavy atom. The smallest absolute Gasteiger partial charge is 0.334 e. The van der Waals surface area contributed by atoms with Gasteiger partial charge < -0.3 is 4.74 Å². The fraction of sp³-hybridized carbons (Fsp3) is 0.467. The van der Waals surface area contributed by atoms with Crippen LogP contribution in [0.1, 0.15) is 19.8 Å². The highest BCUT2D eigenvalue weighted by atomic mass is 16.6. The summed E-state index contributed by atoms with van der Waals surface area (Å²) in [7, 11) is 0. The van der Waals surface area contributed by atoms with E-state index in [9.17, 15) is 9.59 Å². The van der Waals surface area contributed by atoms with Crippen LogP contribution in [0.25, 0.3) is 0 Å². The molecule has 0 aromatic heterocycles. The number of ketones is 1. The monoisotopic (exact) mass is 244 g/mol. The van der Waals surface area contributed by atoms with Gasteiger partial charge in [0.25, 0.3) is 0 Å². The predicted molar refractivity (Wildman–Crippen MR) is 66.6 cm³/mol. The van der Waals surface area contributed by atoms with Gasteiger partial charge in [0.1, 0.15) is 6.10 Å². The van der Waals surface area contributed by atoms with Gasteiger partial charge in [0.2, 0.25) is 0 Å². The minimum Gasteiger partial charge on any atom is -0.458 e. The second-order valence-corrected chi connectivity index (χ2v) is 5.80. The van der Waals surface area contributed by atoms with Crippen LogP contribution in [-0.2, 0) is 14.3 Å². The molecule has 4 atom stereocenters. The summed E-state index contributed by atoms with van der Waals surface area (Å²) in [4.78, 5) is 23.3. The Labute approximate surface area is 106 Å². The molecule has 3 heteroatoms. The molecule has 1 heterocycles. The number of allylic oxidation sites excluding steroid dienone is 3. The van der Waals surface area contributed by atoms with E-state index < -0.39 is 0 Å². The van der Waals surface area contributed by atoms with Gasteiger partial charge in [0.15, 0.2) is 5.78 Å². The summed E-state index contributed by atoms with van der Waals surface area (Å²) in [6.07, 6.45) is 4.96. The highest BCUT2D eigenvalue weighted by molar-refractivity contribution is 6.05. The van der Waals surface area contributed by atoms with Crippen LogP contribution in [0.15, 0.2) is 36.5 Å². The molecular weight excluding hydrogens is 228 g/mol. The van der Waals surface area contributed by atoms with Crippen LogP contribution < -0.4 is 0 Å². The summed E-state index contributed by atoms with van der Waals surface area (Å²) >= 11 is 0. The van der Waals surface area contributed by atoms with E-state index in [-0.39, 0.29) is 35.1 Å². The van der Waals surface area contributed by atoms with Crippen molar-refractivity contribution in [1.29, 1.82) is 0 Å². The Balaban J connectivity index is 1.99. The number of rotatable bonds is 0. The van der Waals surface area contributed by atoms with E-state index in [1.165, 1.54) is 0 Å². The third-order valence-electron chi connectivity index (χ3n) is 4.70. The number of carbonyl (C=O) groups excluding carboxylic acids is 2. The molecule has 0 bridgehead atoms. The lowest BCUT2D eigenvalue weighted by Crippen LogP contribution is -2.43. The van der Waals surface area contributed by atoms with E-state index in [4.69, 9.17) is 4.74 Å². The van der Waals surface area contributed by atoms with Crippen molar-refractivity contribution in [3.05, 3.63) is 36.5 Å². The molecule has 0 aromatic carbocycles. The lowest BCUT2D eigenvalue weighted by molar-refractivity contribution is -0.141. The maximum Gasteiger partial charge on any atom is 0.334 e. The van der Waals surface area contributed by atoms with Crippen LogP contribution in [0.5, 0.6) is 0 Å². The van der Waals surface area contributed by atoms with Crippen molar-refractivity contribution in [3.8, 4) is 0 Å². The Bertz CT molecular complexity index is 514. The summed E-state index contributed by atoms with van der Waals surface area (Å²) in [5.74, 6) is -0.130. The number of hydrogen-bond donors (Lipinski definition) is 0. The van der Waals surface area contributed by atoms with Crippen molar-refractivity contribution in [1.82, 2.24) is 0 Å². The van der Waals surface area contributed by atoms with Crippen molar-refractivity contribution >= 4 is 11.8 Å². The van der Waals surface area contributed by atoms with Gasteiger partial charge in [-0.3, -0.25) is 4.79 Å². The second kappa shape index (κ2) is 3.44. The van der Waals surface area contributed by atoms with E-state index >= 15 is 0 Å². The molecule has 0 N–H and O–H groups in total. The van der Waals surface area contributed by atoms with Gasteiger partial charge in [-0.15, -0.1) is 0 Å². The van der Waals surface area contributed by atoms with Crippen molar-refractivity contribution < 1.29 is 14.3 Å². The maximum atomic E-state index is 11.7. The minimum atomic E-state index is -0.284. The summed E-state index contributed by atoms with van der Waals surface area (Å²) in [5, 5.41) is 0. The molecule has 3 nitrogen and oxygen atoms in total. The van der Waals surface area contributed by atoms with Crippen LogP contribution in [0.4, 0.5) is 0 Å². The SMILES string of the molecule is C=C1C(=O)C=C[C@@]2(C)C[C@H]3OC(=O)C(=C)[C@@H]3C[C@H]12. The second-order valence-electron chi connectivity index (χ2n) is 5.80. The molecule has 0 aromatic rings. The molecular formula is C15H16O3. The predicted octanol–water partition coefficient (Wildman–Crippen LogP) is 2.20. The number of hydrogen-bond acceptors (Lipinski definition) is 3. The number of carbonyl (C=O) groups is 2. The quantitative estimate of drug-likeness (QED) is 0.484. The molecule has 18 heavy (non-hydrogen) atoms. The first-order valence-electron chi connectivity index (χ1n) is 6.24. The third kappa shape index (κ3) is 1.36. The number of ether oxygens (including phenoxy) is 1. The number of fused-ring (bicyclic) bond motifs is 2. The van der Waals surface area contributed by atoms with Gasteiger partial charge in [-0.1, -0.05) is 26.2 Å². The zero-order chi connectivity index (χ0) is 13.1. The van der Waals surface area contributed by atoms with Crippen molar-refractivity contribution in [2.75, 3.05) is 0 Å². The van der Waals surface area contributed by atoms with Gasteiger partial charge in [0, 0.05) is 11.5 Å². The lowest BCUT2D eigenvalue weighted by Gasteiger charge is -2.46. The van der Waals surface area contributed by atoms with Gasteiger partial charge in [-0.25, -0.2) is 4.79 Å². The first-order chi connectivity index (χ1) is 8.42. The Kier molecular flexibility index (Phi) is 2.19. The molecule has 0 radical (unpaired) electrons. The first kappa shape index (κ1) is 11.5. The van der Waals surface area contributed by atoms with Gasteiger partial charge >= 0.3 is 5.97 Å². The average molecular weight is 244 g/mol. The van der Waals surface area contributed by atoms with Crippen LogP contribution in [0.2, 0.25) is 0 Å². The van der Waals surface area contributed by atoms with E-state index in [0.29, 0.717) is 11.1 Å². The highest BCUT2D eigenvalue weighted by Gasteiger charge is 2.52. The normalized spacial score (nSPS) is 42.6. The average Bonchev–Trinajstić information content (AvgIpc) is 2.58. The molecule has 3 rings (SSSR count). The molecule has 1 saturated carbocycles. The molecule has 2 fully saturated rings. The standard InChI is InChI=1S/C15H16O3/c1-8-10-6-11-9(2)12(16)4-5-15(11,3)7-13(10)18-14(8)17/h4-5,10-11,13H,1-2,6-7H2,3H3/t10-,11+,13+,15-/m0/s1. The zero-order valence-electron chi connectivity index (χ0n) is 10.4. The van der Waals surface area contributed by atoms with E-state index in [1.54, 1.807) is 6.08 Å². The lowest BCUT2D eigenvalue weighted by atomic mass is 9.58. The van der Waals surface area contributed by atoms with E-state index in [0.717, 1.165) is 12.8 Å². The summed E-state index contributed by atoms with van der Waals surface area (Å²) < 4.78 is 5.37. The molecule has 1 saturated heterocycles. The van der Waals surface area contributed by atoms with E-state index in [1.807, 2.05) is 6.08 Å². The summed E-state index contributed by atoms with van der Waals surface area (Å²) in [6, 6.07) is 0. The number of esters is 1. The molecule has 2 aliphatic carbocycles. The zero-order valence-corrected chi connectivity index (χ0v) is 10.4.